The fourth-order valence-corrected chi connectivity index (χ4v) is 6.98. The number of rotatable bonds is 9. The van der Waals surface area contributed by atoms with E-state index in [1.807, 2.05) is 68.3 Å². The molecule has 242 valence electrons. The van der Waals surface area contributed by atoms with Gasteiger partial charge in [-0.2, -0.15) is 5.10 Å². The molecule has 8 nitrogen and oxygen atoms in total. The van der Waals surface area contributed by atoms with Gasteiger partial charge in [-0.15, -0.1) is 0 Å². The molecular weight excluding hydrogens is 635 g/mol. The molecule has 1 aliphatic heterocycles. The average Bonchev–Trinajstić information content (AvgIpc) is 3.49. The van der Waals surface area contributed by atoms with Crippen LogP contribution in [0.5, 0.6) is 5.75 Å². The van der Waals surface area contributed by atoms with Crippen molar-refractivity contribution in [2.24, 2.45) is 7.05 Å². The van der Waals surface area contributed by atoms with Gasteiger partial charge in [0.15, 0.2) is 0 Å². The number of carboxylic acid groups (broad SMARTS) is 1. The summed E-state index contributed by atoms with van der Waals surface area (Å²) in [6.07, 6.45) is 1.24. The molecule has 0 aliphatic carbocycles. The average molecular weight is 672 g/mol. The van der Waals surface area contributed by atoms with Gasteiger partial charge in [-0.3, -0.25) is 9.48 Å². The van der Waals surface area contributed by atoms with Crippen LogP contribution in [0, 0.1) is 27.7 Å². The minimum atomic E-state index is -0.994. The van der Waals surface area contributed by atoms with Crippen LogP contribution in [0.2, 0.25) is 10.0 Å². The highest BCUT2D eigenvalue weighted by Gasteiger charge is 2.34. The molecule has 0 spiro atoms. The van der Waals surface area contributed by atoms with Crippen molar-refractivity contribution in [3.63, 3.8) is 0 Å². The number of hydrogen-bond donors (Lipinski definition) is 1. The summed E-state index contributed by atoms with van der Waals surface area (Å²) in [5, 5.41) is 16.2. The largest absolute Gasteiger partial charge is 0.494 e. The Kier molecular flexibility index (Phi) is 8.68. The van der Waals surface area contributed by atoms with E-state index >= 15 is 0 Å². The maximum Gasteiger partial charge on any atom is 0.335 e. The smallest absolute Gasteiger partial charge is 0.335 e. The third kappa shape index (κ3) is 5.81. The van der Waals surface area contributed by atoms with Crippen molar-refractivity contribution in [3.05, 3.63) is 110 Å². The summed E-state index contributed by atoms with van der Waals surface area (Å²) in [4.78, 5) is 27.6. The zero-order valence-electron chi connectivity index (χ0n) is 27.1. The van der Waals surface area contributed by atoms with E-state index in [9.17, 15) is 14.7 Å². The summed E-state index contributed by atoms with van der Waals surface area (Å²) < 4.78 is 9.97. The van der Waals surface area contributed by atoms with Gasteiger partial charge in [0, 0.05) is 46.5 Å². The Morgan fingerprint density at radius 3 is 2.32 bits per heavy atom. The number of ether oxygens (including phenoxy) is 1. The Hall–Kier alpha value is -4.53. The second kappa shape index (κ2) is 12.6. The molecule has 5 aromatic rings. The lowest BCUT2D eigenvalue weighted by molar-refractivity contribution is 0.0694. The van der Waals surface area contributed by atoms with Crippen LogP contribution in [0.4, 0.5) is 0 Å². The number of hydrogen-bond acceptors (Lipinski definition) is 4. The molecule has 2 aromatic heterocycles. The Balaban J connectivity index is 1.43. The third-order valence-electron chi connectivity index (χ3n) is 8.95. The minimum Gasteiger partial charge on any atom is -0.494 e. The van der Waals surface area contributed by atoms with Crippen LogP contribution in [-0.4, -0.2) is 49.4 Å². The van der Waals surface area contributed by atoms with Crippen molar-refractivity contribution in [1.29, 1.82) is 0 Å². The van der Waals surface area contributed by atoms with Crippen molar-refractivity contribution in [2.75, 3.05) is 13.2 Å². The molecule has 6 rings (SSSR count). The number of nitrogens with zero attached hydrogens (tertiary/aromatic N) is 4. The van der Waals surface area contributed by atoms with Gasteiger partial charge in [0.1, 0.15) is 11.4 Å². The zero-order chi connectivity index (χ0) is 33.7. The number of fused-ring (bicyclic) bond motifs is 3. The monoisotopic (exact) mass is 670 g/mol. The Morgan fingerprint density at radius 1 is 1.02 bits per heavy atom. The summed E-state index contributed by atoms with van der Waals surface area (Å²) in [6.45, 7) is 13.4. The molecule has 0 bridgehead atoms. The van der Waals surface area contributed by atoms with Gasteiger partial charge in [-0.1, -0.05) is 48.0 Å². The summed E-state index contributed by atoms with van der Waals surface area (Å²) in [6, 6.07) is 14.4. The molecule has 0 fully saturated rings. The lowest BCUT2D eigenvalue weighted by atomic mass is 9.98. The van der Waals surface area contributed by atoms with E-state index in [1.54, 1.807) is 29.2 Å². The standard InChI is InChI=1S/C37H36Cl2N4O4/c1-20-16-27(17-21(2)33(20)39)47-15-7-8-28-29-13-14-30(38)32(31-23(4)40-41(6)24(31)5)34(29)43-22(3)18-42(36(44)35(28)43)19-25-9-11-26(12-10-25)37(45)46/h9-14,16-17H,3,7-8,15,18-19H2,1-2,4-6H3,(H,45,46). The SMILES string of the molecule is C=C1CN(Cc2ccc(C(=O)O)cc2)C(=O)c2c(CCCOc3cc(C)c(Cl)c(C)c3)c3ccc(Cl)c(-c4c(C)nn(C)c4C)c3n21. The van der Waals surface area contributed by atoms with Crippen molar-refractivity contribution in [3.8, 4) is 16.9 Å². The Labute approximate surface area is 283 Å². The summed E-state index contributed by atoms with van der Waals surface area (Å²) in [5.41, 5.74) is 9.56. The molecular formula is C37H36Cl2N4O4. The molecule has 10 heteroatoms. The molecule has 3 aromatic carbocycles. The highest BCUT2D eigenvalue weighted by atomic mass is 35.5. The zero-order valence-corrected chi connectivity index (χ0v) is 28.6. The van der Waals surface area contributed by atoms with Gasteiger partial charge in [0.25, 0.3) is 5.91 Å². The van der Waals surface area contributed by atoms with Gasteiger partial charge < -0.3 is 19.3 Å². The van der Waals surface area contributed by atoms with E-state index < -0.39 is 5.97 Å². The first-order chi connectivity index (χ1) is 22.4. The predicted molar refractivity (Wildman–Crippen MR) is 187 cm³/mol. The van der Waals surface area contributed by atoms with Crippen LogP contribution in [0.15, 0.2) is 55.1 Å². The lowest BCUT2D eigenvalue weighted by Gasteiger charge is -2.31. The minimum absolute atomic E-state index is 0.127. The van der Waals surface area contributed by atoms with Gasteiger partial charge in [0.05, 0.1) is 34.9 Å². The molecule has 0 saturated carbocycles. The van der Waals surface area contributed by atoms with Gasteiger partial charge >= 0.3 is 5.97 Å². The quantitative estimate of drug-likeness (QED) is 0.159. The molecule has 0 radical (unpaired) electrons. The highest BCUT2D eigenvalue weighted by Crippen LogP contribution is 2.44. The predicted octanol–water partition coefficient (Wildman–Crippen LogP) is 8.42. The fourth-order valence-electron chi connectivity index (χ4n) is 6.63. The number of aryl methyl sites for hydroxylation is 5. The molecule has 1 N–H and O–H groups in total. The van der Waals surface area contributed by atoms with E-state index in [0.717, 1.165) is 72.1 Å². The third-order valence-corrected chi connectivity index (χ3v) is 9.86. The lowest BCUT2D eigenvalue weighted by Crippen LogP contribution is -2.39. The highest BCUT2D eigenvalue weighted by molar-refractivity contribution is 6.35. The first-order valence-corrected chi connectivity index (χ1v) is 16.2. The molecule has 3 heterocycles. The van der Waals surface area contributed by atoms with Crippen LogP contribution >= 0.6 is 23.2 Å². The molecule has 1 aliphatic rings. The Bertz CT molecular complexity index is 2070. The summed E-state index contributed by atoms with van der Waals surface area (Å²) in [7, 11) is 1.91. The molecule has 0 saturated heterocycles. The maximum atomic E-state index is 14.4. The van der Waals surface area contributed by atoms with E-state index in [2.05, 4.69) is 11.7 Å². The van der Waals surface area contributed by atoms with Crippen molar-refractivity contribution >= 4 is 51.7 Å². The van der Waals surface area contributed by atoms with Gasteiger partial charge in [-0.05, 0) is 93.1 Å². The molecule has 0 atom stereocenters. The first-order valence-electron chi connectivity index (χ1n) is 15.4. The van der Waals surface area contributed by atoms with Crippen LogP contribution in [-0.2, 0) is 20.0 Å². The van der Waals surface area contributed by atoms with Crippen LogP contribution in [0.1, 0.15) is 60.9 Å². The van der Waals surface area contributed by atoms with E-state index in [0.29, 0.717) is 43.3 Å². The van der Waals surface area contributed by atoms with Crippen LogP contribution < -0.4 is 4.74 Å². The number of carbonyl (C=O) groups is 2. The van der Waals surface area contributed by atoms with E-state index in [4.69, 9.17) is 27.9 Å². The van der Waals surface area contributed by atoms with E-state index in [1.165, 1.54) is 0 Å². The number of benzene rings is 3. The van der Waals surface area contributed by atoms with Crippen molar-refractivity contribution in [1.82, 2.24) is 19.2 Å². The van der Waals surface area contributed by atoms with E-state index in [-0.39, 0.29) is 11.5 Å². The van der Waals surface area contributed by atoms with Crippen molar-refractivity contribution in [2.45, 2.75) is 47.1 Å². The molecule has 47 heavy (non-hydrogen) atoms. The summed E-state index contributed by atoms with van der Waals surface area (Å²) >= 11 is 13.3. The number of carboxylic acids is 1. The topological polar surface area (TPSA) is 89.6 Å². The number of aromatic nitrogens is 3. The van der Waals surface area contributed by atoms with Crippen LogP contribution in [0.25, 0.3) is 27.7 Å². The van der Waals surface area contributed by atoms with Gasteiger partial charge in [-0.25, -0.2) is 4.79 Å². The number of carbonyl (C=O) groups excluding carboxylic acids is 1. The van der Waals surface area contributed by atoms with Gasteiger partial charge in [0.2, 0.25) is 0 Å². The number of amides is 1. The first kappa shape index (κ1) is 32.4. The second-order valence-electron chi connectivity index (χ2n) is 12.2. The van der Waals surface area contributed by atoms with Crippen LogP contribution in [0.3, 0.4) is 0 Å². The number of halogens is 2. The normalized spacial score (nSPS) is 13.0. The second-order valence-corrected chi connectivity index (χ2v) is 13.0. The molecule has 0 unspecified atom stereocenters. The maximum absolute atomic E-state index is 14.4. The van der Waals surface area contributed by atoms with Crippen molar-refractivity contribution < 1.29 is 19.4 Å². The Morgan fingerprint density at radius 2 is 1.70 bits per heavy atom. The fraction of sp³-hybridized carbons (Fsp3) is 0.270. The number of aromatic carboxylic acids is 1. The molecule has 1 amide bonds. The summed E-state index contributed by atoms with van der Waals surface area (Å²) in [5.74, 6) is -0.362.